The zero-order valence-electron chi connectivity index (χ0n) is 7.82. The Morgan fingerprint density at radius 2 is 1.64 bits per heavy atom. The Balaban J connectivity index is 0. The van der Waals surface area contributed by atoms with E-state index in [0.717, 1.165) is 10.6 Å². The lowest BCUT2D eigenvalue weighted by atomic mass is 10.3. The molecule has 0 nitrogen and oxygen atoms in total. The Kier molecular flexibility index (Phi) is 11.3. The van der Waals surface area contributed by atoms with Crippen molar-refractivity contribution in [3.63, 3.8) is 0 Å². The van der Waals surface area contributed by atoms with Crippen molar-refractivity contribution in [3.05, 3.63) is 35.4 Å². The molecule has 0 saturated carbocycles. The molecule has 0 aromatic heterocycles. The van der Waals surface area contributed by atoms with Crippen molar-refractivity contribution >= 4 is 11.6 Å². The van der Waals surface area contributed by atoms with Crippen molar-refractivity contribution in [2.24, 2.45) is 0 Å². The van der Waals surface area contributed by atoms with E-state index in [0.29, 0.717) is 0 Å². The molecule has 0 amide bonds. The zero-order chi connectivity index (χ0) is 9.28. The van der Waals surface area contributed by atoms with E-state index < -0.39 is 0 Å². The first-order chi connectivity index (χ1) is 5.16. The predicted molar refractivity (Wildman–Crippen MR) is 54.9 cm³/mol. The molecule has 0 aliphatic carbocycles. The molecule has 0 heterocycles. The minimum Gasteiger partial charge on any atom is -0.0988 e. The Bertz CT molecular complexity index is 148. The van der Waals surface area contributed by atoms with Gasteiger partial charge in [0.05, 0.1) is 0 Å². The molecule has 0 atom stereocenters. The molecule has 11 heavy (non-hydrogen) atoms. The van der Waals surface area contributed by atoms with Crippen LogP contribution in [0.25, 0.3) is 0 Å². The van der Waals surface area contributed by atoms with Crippen LogP contribution in [0, 0.1) is 0 Å². The van der Waals surface area contributed by atoms with Gasteiger partial charge in [-0.2, -0.15) is 0 Å². The monoisotopic (exact) mass is 172 g/mol. The first-order valence-electron chi connectivity index (χ1n) is 3.80. The van der Waals surface area contributed by atoms with Gasteiger partial charge in [-0.15, -0.1) is 0 Å². The average Bonchev–Trinajstić information content (AvgIpc) is 2.04. The van der Waals surface area contributed by atoms with Gasteiger partial charge in [-0.3, -0.25) is 0 Å². The molecule has 0 radical (unpaired) electrons. The number of allylic oxidation sites excluding steroid dienone is 5. The summed E-state index contributed by atoms with van der Waals surface area (Å²) in [6.07, 6.45) is 5.56. The SMILES string of the molecule is C=C/C(C)=C\C=C(/C)Cl.CC. The van der Waals surface area contributed by atoms with Crippen molar-refractivity contribution in [1.29, 1.82) is 0 Å². The molecule has 1 heteroatoms. The van der Waals surface area contributed by atoms with Crippen molar-refractivity contribution in [2.75, 3.05) is 0 Å². The summed E-state index contributed by atoms with van der Waals surface area (Å²) in [5.41, 5.74) is 1.12. The summed E-state index contributed by atoms with van der Waals surface area (Å²) in [5, 5.41) is 0.788. The Labute approximate surface area is 75.3 Å². The number of hydrogen-bond donors (Lipinski definition) is 0. The minimum atomic E-state index is 0.788. The molecule has 0 aromatic rings. The van der Waals surface area contributed by atoms with E-state index in [9.17, 15) is 0 Å². The maximum absolute atomic E-state index is 5.56. The Morgan fingerprint density at radius 3 is 1.91 bits per heavy atom. The quantitative estimate of drug-likeness (QED) is 0.546. The lowest BCUT2D eigenvalue weighted by Gasteiger charge is -1.84. The topological polar surface area (TPSA) is 0 Å². The van der Waals surface area contributed by atoms with Crippen molar-refractivity contribution in [1.82, 2.24) is 0 Å². The van der Waals surface area contributed by atoms with Crippen LogP contribution in [-0.2, 0) is 0 Å². The van der Waals surface area contributed by atoms with E-state index in [1.807, 2.05) is 39.8 Å². The third-order valence-corrected chi connectivity index (χ3v) is 1.02. The predicted octanol–water partition coefficient (Wildman–Crippen LogP) is 4.29. The number of halogens is 1. The summed E-state index contributed by atoms with van der Waals surface area (Å²) in [7, 11) is 0. The van der Waals surface area contributed by atoms with Gasteiger partial charge >= 0.3 is 0 Å². The highest BCUT2D eigenvalue weighted by atomic mass is 35.5. The maximum atomic E-state index is 5.56. The van der Waals surface area contributed by atoms with Crippen molar-refractivity contribution < 1.29 is 0 Å². The molecule has 0 aromatic carbocycles. The molecule has 0 N–H and O–H groups in total. The molecule has 0 spiro atoms. The van der Waals surface area contributed by atoms with E-state index in [4.69, 9.17) is 11.6 Å². The minimum absolute atomic E-state index is 0.788. The van der Waals surface area contributed by atoms with Gasteiger partial charge in [-0.1, -0.05) is 49.8 Å². The Hall–Kier alpha value is -0.490. The molecule has 0 aliphatic heterocycles. The van der Waals surface area contributed by atoms with E-state index in [1.165, 1.54) is 0 Å². The van der Waals surface area contributed by atoms with Gasteiger partial charge < -0.3 is 0 Å². The molecular formula is C10H17Cl. The second kappa shape index (κ2) is 9.51. The fourth-order valence-corrected chi connectivity index (χ4v) is 0.377. The smallest absolute Gasteiger partial charge is 0.0150 e. The highest BCUT2D eigenvalue weighted by Crippen LogP contribution is 2.00. The second-order valence-electron chi connectivity index (χ2n) is 1.87. The first kappa shape index (κ1) is 13.1. The molecule has 0 bridgehead atoms. The van der Waals surface area contributed by atoms with Crippen molar-refractivity contribution in [2.45, 2.75) is 27.7 Å². The third kappa shape index (κ3) is 12.7. The molecule has 0 aliphatic rings. The van der Waals surface area contributed by atoms with Crippen molar-refractivity contribution in [3.8, 4) is 0 Å². The normalized spacial score (nSPS) is 11.7. The van der Waals surface area contributed by atoms with Crippen LogP contribution in [0.1, 0.15) is 27.7 Å². The highest BCUT2D eigenvalue weighted by molar-refractivity contribution is 6.29. The highest BCUT2D eigenvalue weighted by Gasteiger charge is 1.76. The van der Waals surface area contributed by atoms with Gasteiger partial charge in [-0.25, -0.2) is 0 Å². The van der Waals surface area contributed by atoms with Crippen LogP contribution in [0.4, 0.5) is 0 Å². The largest absolute Gasteiger partial charge is 0.0988 e. The van der Waals surface area contributed by atoms with Crippen LogP contribution in [0.15, 0.2) is 35.4 Å². The van der Waals surface area contributed by atoms with Crippen LogP contribution in [0.2, 0.25) is 0 Å². The van der Waals surface area contributed by atoms with Crippen LogP contribution < -0.4 is 0 Å². The molecule has 0 saturated heterocycles. The molecule has 0 rings (SSSR count). The fraction of sp³-hybridized carbons (Fsp3) is 0.400. The van der Waals surface area contributed by atoms with E-state index in [-0.39, 0.29) is 0 Å². The molecular weight excluding hydrogens is 156 g/mol. The molecule has 0 unspecified atom stereocenters. The van der Waals surface area contributed by atoms with Crippen LogP contribution >= 0.6 is 11.6 Å². The summed E-state index contributed by atoms with van der Waals surface area (Å²) in [4.78, 5) is 0. The second-order valence-corrected chi connectivity index (χ2v) is 2.46. The van der Waals surface area contributed by atoms with Gasteiger partial charge in [0.2, 0.25) is 0 Å². The Morgan fingerprint density at radius 1 is 1.18 bits per heavy atom. The number of rotatable bonds is 2. The summed E-state index contributed by atoms with van der Waals surface area (Å²) >= 11 is 5.56. The van der Waals surface area contributed by atoms with Gasteiger partial charge in [-0.05, 0) is 19.9 Å². The lowest BCUT2D eigenvalue weighted by Crippen LogP contribution is -1.63. The summed E-state index contributed by atoms with van der Waals surface area (Å²) in [6.45, 7) is 11.4. The van der Waals surface area contributed by atoms with Crippen LogP contribution in [0.3, 0.4) is 0 Å². The summed E-state index contributed by atoms with van der Waals surface area (Å²) in [6, 6.07) is 0. The molecule has 64 valence electrons. The van der Waals surface area contributed by atoms with Gasteiger partial charge in [0.25, 0.3) is 0 Å². The molecule has 0 fully saturated rings. The lowest BCUT2D eigenvalue weighted by molar-refractivity contribution is 1.50. The standard InChI is InChI=1S/C8H11Cl.C2H6/c1-4-7(2)5-6-8(3)9;1-2/h4-6H,1H2,2-3H3;1-2H3/b7-5-,8-6+;. The van der Waals surface area contributed by atoms with Gasteiger partial charge in [0.15, 0.2) is 0 Å². The van der Waals surface area contributed by atoms with Crippen LogP contribution in [0.5, 0.6) is 0 Å². The van der Waals surface area contributed by atoms with Gasteiger partial charge in [0.1, 0.15) is 0 Å². The fourth-order valence-electron chi connectivity index (χ4n) is 0.314. The third-order valence-electron chi connectivity index (χ3n) is 0.898. The van der Waals surface area contributed by atoms with E-state index in [2.05, 4.69) is 6.58 Å². The maximum Gasteiger partial charge on any atom is 0.0150 e. The summed E-state index contributed by atoms with van der Waals surface area (Å²) in [5.74, 6) is 0. The number of hydrogen-bond acceptors (Lipinski definition) is 0. The zero-order valence-corrected chi connectivity index (χ0v) is 8.57. The van der Waals surface area contributed by atoms with E-state index >= 15 is 0 Å². The van der Waals surface area contributed by atoms with E-state index in [1.54, 1.807) is 6.08 Å². The first-order valence-corrected chi connectivity index (χ1v) is 4.17. The van der Waals surface area contributed by atoms with Gasteiger partial charge in [0, 0.05) is 5.03 Å². The summed E-state index contributed by atoms with van der Waals surface area (Å²) < 4.78 is 0. The van der Waals surface area contributed by atoms with Crippen LogP contribution in [-0.4, -0.2) is 0 Å². The average molecular weight is 173 g/mol.